The van der Waals surface area contributed by atoms with E-state index in [1.165, 1.54) is 0 Å². The zero-order valence-electron chi connectivity index (χ0n) is 12.2. The average Bonchev–Trinajstić information content (AvgIpc) is 2.94. The van der Waals surface area contributed by atoms with Gasteiger partial charge >= 0.3 is 0 Å². The molecule has 0 unspecified atom stereocenters. The Balaban J connectivity index is 1.92. The van der Waals surface area contributed by atoms with Crippen molar-refractivity contribution >= 4 is 5.91 Å². The van der Waals surface area contributed by atoms with Gasteiger partial charge in [0.2, 0.25) is 5.91 Å². The van der Waals surface area contributed by atoms with Crippen LogP contribution in [0.3, 0.4) is 0 Å². The van der Waals surface area contributed by atoms with Gasteiger partial charge in [-0.25, -0.2) is 0 Å². The summed E-state index contributed by atoms with van der Waals surface area (Å²) in [5.41, 5.74) is 10.5. The Bertz CT molecular complexity index is 677. The fraction of sp³-hybridized carbons (Fsp3) is 0.278. The number of ether oxygens (including phenoxy) is 1. The van der Waals surface area contributed by atoms with Crippen LogP contribution in [0.4, 0.5) is 0 Å². The zero-order chi connectivity index (χ0) is 14.8. The van der Waals surface area contributed by atoms with Crippen LogP contribution < -0.4 is 10.5 Å². The van der Waals surface area contributed by atoms with Crippen LogP contribution in [0.2, 0.25) is 0 Å². The highest BCUT2D eigenvalue weighted by molar-refractivity contribution is 5.96. The van der Waals surface area contributed by atoms with Gasteiger partial charge in [-0.15, -0.1) is 0 Å². The van der Waals surface area contributed by atoms with Gasteiger partial charge in [0.1, 0.15) is 12.4 Å². The molecule has 0 atom stereocenters. The smallest absolute Gasteiger partial charge is 0.249 e. The van der Waals surface area contributed by atoms with Crippen LogP contribution in [0.25, 0.3) is 0 Å². The number of nitrogens with two attached hydrogens (primary N) is 1. The topological polar surface area (TPSA) is 52.3 Å². The van der Waals surface area contributed by atoms with Gasteiger partial charge in [0, 0.05) is 5.56 Å². The van der Waals surface area contributed by atoms with Gasteiger partial charge in [-0.2, -0.15) is 0 Å². The second-order valence-electron chi connectivity index (χ2n) is 5.52. The molecule has 2 aromatic carbocycles. The van der Waals surface area contributed by atoms with E-state index in [0.717, 1.165) is 47.3 Å². The molecule has 2 N–H and O–H groups in total. The van der Waals surface area contributed by atoms with Crippen molar-refractivity contribution < 1.29 is 9.53 Å². The summed E-state index contributed by atoms with van der Waals surface area (Å²) in [5.74, 6) is 0.564. The number of carbonyl (C=O) groups excluding carboxylic acids is 1. The monoisotopic (exact) mass is 281 g/mol. The zero-order valence-corrected chi connectivity index (χ0v) is 12.2. The fourth-order valence-electron chi connectivity index (χ4n) is 3.09. The molecule has 0 radical (unpaired) electrons. The van der Waals surface area contributed by atoms with Crippen molar-refractivity contribution in [3.63, 3.8) is 0 Å². The summed E-state index contributed by atoms with van der Waals surface area (Å²) in [6.45, 7) is 2.47. The summed E-state index contributed by atoms with van der Waals surface area (Å²) in [7, 11) is 0. The minimum atomic E-state index is -0.333. The lowest BCUT2D eigenvalue weighted by atomic mass is 9.97. The quantitative estimate of drug-likeness (QED) is 0.936. The highest BCUT2D eigenvalue weighted by atomic mass is 16.5. The van der Waals surface area contributed by atoms with Crippen LogP contribution in [0.1, 0.15) is 39.0 Å². The summed E-state index contributed by atoms with van der Waals surface area (Å²) in [6, 6.07) is 12.0. The van der Waals surface area contributed by atoms with Crippen molar-refractivity contribution in [2.75, 3.05) is 0 Å². The Hall–Kier alpha value is -2.29. The number of aryl methyl sites for hydroxylation is 1. The first-order chi connectivity index (χ1) is 10.2. The Labute approximate surface area is 124 Å². The van der Waals surface area contributed by atoms with Gasteiger partial charge in [0.25, 0.3) is 0 Å². The van der Waals surface area contributed by atoms with E-state index in [1.54, 1.807) is 0 Å². The number of benzene rings is 2. The van der Waals surface area contributed by atoms with E-state index in [1.807, 2.05) is 43.3 Å². The number of carbonyl (C=O) groups is 1. The molecule has 0 bridgehead atoms. The van der Waals surface area contributed by atoms with Crippen LogP contribution >= 0.6 is 0 Å². The maximum absolute atomic E-state index is 11.7. The van der Waals surface area contributed by atoms with Gasteiger partial charge in [0.15, 0.2) is 0 Å². The van der Waals surface area contributed by atoms with Crippen LogP contribution in [0.15, 0.2) is 36.4 Å². The molecule has 3 rings (SSSR count). The first kappa shape index (κ1) is 13.7. The molecule has 0 spiro atoms. The van der Waals surface area contributed by atoms with E-state index in [2.05, 4.69) is 0 Å². The number of primary amides is 1. The molecule has 1 aliphatic carbocycles. The van der Waals surface area contributed by atoms with E-state index in [9.17, 15) is 4.79 Å². The Morgan fingerprint density at radius 2 is 1.90 bits per heavy atom. The number of rotatable bonds is 4. The Morgan fingerprint density at radius 3 is 2.62 bits per heavy atom. The predicted octanol–water partition coefficient (Wildman–Crippen LogP) is 3.16. The molecule has 0 heterocycles. The maximum Gasteiger partial charge on any atom is 0.249 e. The van der Waals surface area contributed by atoms with Crippen molar-refractivity contribution in [2.24, 2.45) is 5.73 Å². The molecule has 0 saturated heterocycles. The minimum Gasteiger partial charge on any atom is -0.489 e. The molecule has 3 nitrogen and oxygen atoms in total. The predicted molar refractivity (Wildman–Crippen MR) is 82.5 cm³/mol. The normalized spacial score (nSPS) is 13.0. The number of hydrogen-bond donors (Lipinski definition) is 1. The third-order valence-corrected chi connectivity index (χ3v) is 4.04. The van der Waals surface area contributed by atoms with Crippen molar-refractivity contribution in [1.82, 2.24) is 0 Å². The lowest BCUT2D eigenvalue weighted by molar-refractivity contribution is 0.0999. The van der Waals surface area contributed by atoms with Crippen molar-refractivity contribution in [1.29, 1.82) is 0 Å². The molecule has 1 amide bonds. The average molecular weight is 281 g/mol. The van der Waals surface area contributed by atoms with E-state index < -0.39 is 0 Å². The molecule has 2 aromatic rings. The van der Waals surface area contributed by atoms with Gasteiger partial charge in [-0.05, 0) is 54.5 Å². The van der Waals surface area contributed by atoms with Gasteiger partial charge in [-0.3, -0.25) is 4.79 Å². The lowest BCUT2D eigenvalue weighted by Crippen LogP contribution is -2.16. The van der Waals surface area contributed by atoms with Gasteiger partial charge in [-0.1, -0.05) is 30.3 Å². The summed E-state index contributed by atoms with van der Waals surface area (Å²) in [6.07, 6.45) is 2.93. The summed E-state index contributed by atoms with van der Waals surface area (Å²) in [4.78, 5) is 11.7. The minimum absolute atomic E-state index is 0.333. The number of amides is 1. The second kappa shape index (κ2) is 5.60. The largest absolute Gasteiger partial charge is 0.489 e. The molecule has 3 heteroatoms. The SMILES string of the molecule is Cc1cc(OCc2ccccc2)c2c(c1C(N)=O)CCC2. The second-order valence-corrected chi connectivity index (χ2v) is 5.52. The molecule has 0 aliphatic heterocycles. The van der Waals surface area contributed by atoms with Crippen molar-refractivity contribution in [3.8, 4) is 5.75 Å². The maximum atomic E-state index is 11.7. The highest BCUT2D eigenvalue weighted by Gasteiger charge is 2.23. The number of hydrogen-bond acceptors (Lipinski definition) is 2. The molecule has 0 aromatic heterocycles. The first-order valence-corrected chi connectivity index (χ1v) is 7.28. The van der Waals surface area contributed by atoms with E-state index in [0.29, 0.717) is 12.2 Å². The van der Waals surface area contributed by atoms with E-state index in [-0.39, 0.29) is 5.91 Å². The molecule has 1 aliphatic rings. The summed E-state index contributed by atoms with van der Waals surface area (Å²) in [5, 5.41) is 0. The molecule has 108 valence electrons. The lowest BCUT2D eigenvalue weighted by Gasteiger charge is -2.15. The van der Waals surface area contributed by atoms with Crippen molar-refractivity contribution in [2.45, 2.75) is 32.8 Å². The van der Waals surface area contributed by atoms with Gasteiger partial charge < -0.3 is 10.5 Å². The summed E-state index contributed by atoms with van der Waals surface area (Å²) < 4.78 is 6.00. The van der Waals surface area contributed by atoms with Crippen molar-refractivity contribution in [3.05, 3.63) is 64.2 Å². The van der Waals surface area contributed by atoms with Crippen LogP contribution in [0, 0.1) is 6.92 Å². The molecule has 0 fully saturated rings. The third kappa shape index (κ3) is 2.64. The molecule has 0 saturated carbocycles. The standard InChI is InChI=1S/C18H19NO2/c1-12-10-16(21-11-13-6-3-2-4-7-13)14-8-5-9-15(14)17(12)18(19)20/h2-4,6-7,10H,5,8-9,11H2,1H3,(H2,19,20). The van der Waals surface area contributed by atoms with Gasteiger partial charge in [0.05, 0.1) is 0 Å². The number of fused-ring (bicyclic) bond motifs is 1. The molecular formula is C18H19NO2. The van der Waals surface area contributed by atoms with Crippen LogP contribution in [-0.2, 0) is 19.4 Å². The highest BCUT2D eigenvalue weighted by Crippen LogP contribution is 2.35. The molecule has 21 heavy (non-hydrogen) atoms. The Morgan fingerprint density at radius 1 is 1.19 bits per heavy atom. The van der Waals surface area contributed by atoms with E-state index in [4.69, 9.17) is 10.5 Å². The van der Waals surface area contributed by atoms with E-state index >= 15 is 0 Å². The third-order valence-electron chi connectivity index (χ3n) is 4.04. The van der Waals surface area contributed by atoms with Crippen LogP contribution in [-0.4, -0.2) is 5.91 Å². The Kier molecular flexibility index (Phi) is 3.65. The molecular weight excluding hydrogens is 262 g/mol. The first-order valence-electron chi connectivity index (χ1n) is 7.28. The van der Waals surface area contributed by atoms with Crippen LogP contribution in [0.5, 0.6) is 5.75 Å². The summed E-state index contributed by atoms with van der Waals surface area (Å²) >= 11 is 0. The fourth-order valence-corrected chi connectivity index (χ4v) is 3.09.